The van der Waals surface area contributed by atoms with Crippen molar-refractivity contribution in [3.05, 3.63) is 142 Å². The predicted octanol–water partition coefficient (Wildman–Crippen LogP) is 11.1. The van der Waals surface area contributed by atoms with Crippen molar-refractivity contribution in [1.82, 2.24) is 0 Å². The molecule has 0 aliphatic carbocycles. The minimum absolute atomic E-state index is 0.0654. The zero-order valence-electron chi connectivity index (χ0n) is 41.5. The van der Waals surface area contributed by atoms with E-state index in [-0.39, 0.29) is 34.3 Å². The Morgan fingerprint density at radius 1 is 0.479 bits per heavy atom. The van der Waals surface area contributed by atoms with E-state index >= 15 is 0 Å². The molecule has 73 heavy (non-hydrogen) atoms. The number of hydrogen-bond acceptors (Lipinski definition) is 19. The Balaban J connectivity index is 0.000000458. The van der Waals surface area contributed by atoms with Gasteiger partial charge in [0.25, 0.3) is 0 Å². The third kappa shape index (κ3) is 22.5. The van der Waals surface area contributed by atoms with Gasteiger partial charge in [-0.2, -0.15) is 0 Å². The van der Waals surface area contributed by atoms with Crippen LogP contribution < -0.4 is 24.7 Å². The van der Waals surface area contributed by atoms with Crippen molar-refractivity contribution in [3.8, 4) is 34.5 Å². The number of aromatic hydroxyl groups is 2. The van der Waals surface area contributed by atoms with Crippen molar-refractivity contribution in [2.75, 3.05) is 60.6 Å². The number of nitrogens with zero attached hydrogens (tertiary/aromatic N) is 2. The molecule has 0 bridgehead atoms. The summed E-state index contributed by atoms with van der Waals surface area (Å²) in [7, 11) is 5.12. The molecule has 396 valence electrons. The second kappa shape index (κ2) is 34.6. The first-order chi connectivity index (χ1) is 34.8. The third-order valence-corrected chi connectivity index (χ3v) is 10.0. The average molecular weight is 1150 g/mol. The largest absolute Gasteiger partial charge is 0.508 e. The lowest BCUT2D eigenvalue weighted by atomic mass is 10.2. The van der Waals surface area contributed by atoms with Crippen LogP contribution in [0.25, 0.3) is 0 Å². The Bertz CT molecular complexity index is 2530. The smallest absolute Gasteiger partial charge is 0.337 e. The number of nitro groups is 2. The molecule has 0 aromatic heterocycles. The summed E-state index contributed by atoms with van der Waals surface area (Å²) < 4.78 is 41.3. The quantitative estimate of drug-likeness (QED) is 0.0241. The van der Waals surface area contributed by atoms with Crippen LogP contribution in [0.2, 0.25) is 0 Å². The van der Waals surface area contributed by atoms with Gasteiger partial charge in [0.05, 0.1) is 102 Å². The lowest BCUT2D eigenvalue weighted by molar-refractivity contribution is -0.386. The zero-order valence-corrected chi connectivity index (χ0v) is 44.6. The summed E-state index contributed by atoms with van der Waals surface area (Å²) in [5.41, 5.74) is 6.84. The molecule has 0 spiro atoms. The highest BCUT2D eigenvalue weighted by atomic mass is 79.9. The number of carbonyl (C=O) groups is 4. The van der Waals surface area contributed by atoms with Crippen LogP contribution in [0.1, 0.15) is 94.8 Å². The van der Waals surface area contributed by atoms with Gasteiger partial charge in [-0.3, -0.25) is 20.2 Å². The van der Waals surface area contributed by atoms with Crippen molar-refractivity contribution in [2.24, 2.45) is 0 Å². The van der Waals surface area contributed by atoms with Crippen LogP contribution in [-0.4, -0.2) is 98.8 Å². The summed E-state index contributed by atoms with van der Waals surface area (Å²) in [5.74, 6) is -0.324. The molecule has 4 N–H and O–H groups in total. The summed E-state index contributed by atoms with van der Waals surface area (Å²) in [5, 5.41) is 39.3. The number of halogens is 2. The number of rotatable bonds is 18. The lowest BCUT2D eigenvalue weighted by Gasteiger charge is -2.08. The highest BCUT2D eigenvalue weighted by molar-refractivity contribution is 9.11. The van der Waals surface area contributed by atoms with E-state index < -0.39 is 39.2 Å². The van der Waals surface area contributed by atoms with Crippen molar-refractivity contribution in [1.29, 1.82) is 0 Å². The third-order valence-electron chi connectivity index (χ3n) is 8.72. The number of anilines is 1. The van der Waals surface area contributed by atoms with Crippen LogP contribution in [0.5, 0.6) is 34.5 Å². The van der Waals surface area contributed by atoms with Crippen LogP contribution in [0.15, 0.2) is 99.9 Å². The number of ether oxygens (including phenoxy) is 8. The normalized spacial score (nSPS) is 9.73. The molecule has 21 nitrogen and oxygen atoms in total. The second-order valence-corrected chi connectivity index (χ2v) is 16.0. The van der Waals surface area contributed by atoms with Gasteiger partial charge in [-0.15, -0.1) is 0 Å². The Hall–Kier alpha value is -7.66. The van der Waals surface area contributed by atoms with Crippen molar-refractivity contribution in [3.63, 3.8) is 0 Å². The lowest BCUT2D eigenvalue weighted by Crippen LogP contribution is -2.04. The summed E-state index contributed by atoms with van der Waals surface area (Å²) in [6.45, 7) is 10.2. The molecular weight excluding hydrogens is 1090 g/mol. The second-order valence-electron chi connectivity index (χ2n) is 14.3. The minimum Gasteiger partial charge on any atom is -0.508 e. The molecule has 0 atom stereocenters. The number of esters is 4. The number of nitrogens with two attached hydrogens (primary N) is 1. The van der Waals surface area contributed by atoms with Crippen LogP contribution in [0.3, 0.4) is 0 Å². The van der Waals surface area contributed by atoms with Gasteiger partial charge in [0.1, 0.15) is 23.0 Å². The van der Waals surface area contributed by atoms with Gasteiger partial charge in [-0.25, -0.2) is 19.2 Å². The molecule has 0 saturated carbocycles. The maximum absolute atomic E-state index is 11.3. The molecule has 0 aliphatic heterocycles. The maximum Gasteiger partial charge on any atom is 0.337 e. The molecular formula is C50H59Br2N3O18. The van der Waals surface area contributed by atoms with Gasteiger partial charge >= 0.3 is 35.3 Å². The Kier molecular flexibility index (Phi) is 30.1. The predicted molar refractivity (Wildman–Crippen MR) is 277 cm³/mol. The van der Waals surface area contributed by atoms with Crippen LogP contribution >= 0.6 is 31.9 Å². The fraction of sp³-hybridized carbons (Fsp3) is 0.320. The molecule has 0 amide bonds. The Morgan fingerprint density at radius 2 is 0.808 bits per heavy atom. The minimum atomic E-state index is -0.740. The summed E-state index contributed by atoms with van der Waals surface area (Å²) in [4.78, 5) is 64.5. The van der Waals surface area contributed by atoms with E-state index in [4.69, 9.17) is 34.9 Å². The maximum atomic E-state index is 11.3. The van der Waals surface area contributed by atoms with E-state index in [2.05, 4.69) is 50.8 Å². The van der Waals surface area contributed by atoms with Gasteiger partial charge in [0.2, 0.25) is 0 Å². The fourth-order valence-electron chi connectivity index (χ4n) is 5.16. The number of hydrogen-bond donors (Lipinski definition) is 3. The van der Waals surface area contributed by atoms with Crippen molar-refractivity contribution >= 4 is 72.8 Å². The average Bonchev–Trinajstić information content (AvgIpc) is 3.39. The number of nitrogen functional groups attached to an aromatic ring is 1. The summed E-state index contributed by atoms with van der Waals surface area (Å²) in [6.07, 6.45) is 3.50. The number of carbonyl (C=O) groups excluding carboxylic acids is 4. The monoisotopic (exact) mass is 1150 g/mol. The van der Waals surface area contributed by atoms with Gasteiger partial charge in [0, 0.05) is 30.3 Å². The molecule has 0 radical (unpaired) electrons. The van der Waals surface area contributed by atoms with Crippen molar-refractivity contribution in [2.45, 2.75) is 53.4 Å². The SMILES string of the molecule is CCCOc1cc(C(=O)OC)ccc1Br.CCCOc1cc(C(=O)OC)ccc1N.CCCOc1cc(C(=O)OC)ccc1[N+](=O)[O-].CCCOc1cc(O)ccc1Br.COC(=O)c1ccc([N+](=O)[O-])c(O)c1. The molecule has 0 heterocycles. The molecule has 0 fully saturated rings. The van der Waals surface area contributed by atoms with Crippen LogP contribution in [0.4, 0.5) is 17.1 Å². The van der Waals surface area contributed by atoms with E-state index in [0.717, 1.165) is 46.8 Å². The molecule has 0 unspecified atom stereocenters. The highest BCUT2D eigenvalue weighted by Gasteiger charge is 2.19. The number of phenolic OH excluding ortho intramolecular Hbond substituents is 2. The number of methoxy groups -OCH3 is 4. The first-order valence-corrected chi connectivity index (χ1v) is 23.6. The highest BCUT2D eigenvalue weighted by Crippen LogP contribution is 2.31. The number of nitro benzene ring substituents is 2. The summed E-state index contributed by atoms with van der Waals surface area (Å²) >= 11 is 6.68. The molecule has 23 heteroatoms. The van der Waals surface area contributed by atoms with E-state index in [1.807, 2.05) is 27.7 Å². The zero-order chi connectivity index (χ0) is 55.0. The van der Waals surface area contributed by atoms with Crippen LogP contribution in [-0.2, 0) is 18.9 Å². The standard InChI is InChI=1S/C11H13BrO3.C11H13NO5.C11H15NO3.C9H11BrO2.C8H7NO5/c1-3-6-15-10-7-8(11(13)14-2)4-5-9(10)12;1-3-6-17-10-7-8(11(13)16-2)4-5-9(10)12(14)15;1-3-6-15-10-7-8(11(13)14-2)4-5-9(10)12;1-2-5-12-9-6-7(11)3-4-8(9)10;1-14-8(11)5-2-3-6(9(12)13)7(10)4-5/h4-5,7H,3,6H2,1-2H3;4-5,7H,3,6H2,1-2H3;4-5,7H,3,6,12H2,1-2H3;3-4,6,11H,2,5H2,1H3;2-4,10H,1H3. The first kappa shape index (κ1) is 63.4. The molecule has 0 aliphatic rings. The van der Waals surface area contributed by atoms with E-state index in [1.54, 1.807) is 54.6 Å². The number of benzene rings is 5. The number of phenols is 2. The van der Waals surface area contributed by atoms with Gasteiger partial charge in [-0.1, -0.05) is 27.7 Å². The summed E-state index contributed by atoms with van der Waals surface area (Å²) in [6, 6.07) is 22.1. The van der Waals surface area contributed by atoms with E-state index in [1.165, 1.54) is 52.7 Å². The Labute approximate surface area is 439 Å². The molecule has 5 aromatic carbocycles. The van der Waals surface area contributed by atoms with Crippen molar-refractivity contribution < 1.29 is 77.1 Å². The molecule has 5 aromatic rings. The Morgan fingerprint density at radius 3 is 1.22 bits per heavy atom. The fourth-order valence-corrected chi connectivity index (χ4v) is 5.88. The van der Waals surface area contributed by atoms with Gasteiger partial charge in [0.15, 0.2) is 11.5 Å². The topological polar surface area (TPSA) is 295 Å². The first-order valence-electron chi connectivity index (χ1n) is 22.0. The van der Waals surface area contributed by atoms with E-state index in [9.17, 15) is 39.4 Å². The molecule has 5 rings (SSSR count). The molecule has 0 saturated heterocycles. The van der Waals surface area contributed by atoms with E-state index in [0.29, 0.717) is 60.5 Å². The van der Waals surface area contributed by atoms with Crippen LogP contribution in [0, 0.1) is 20.2 Å². The van der Waals surface area contributed by atoms with Gasteiger partial charge < -0.3 is 53.8 Å². The van der Waals surface area contributed by atoms with Gasteiger partial charge in [-0.05, 0) is 118 Å².